The van der Waals surface area contributed by atoms with E-state index in [0.29, 0.717) is 12.6 Å². The molecule has 108 valence electrons. The van der Waals surface area contributed by atoms with E-state index in [4.69, 9.17) is 4.74 Å². The Morgan fingerprint density at radius 1 is 1.32 bits per heavy atom. The summed E-state index contributed by atoms with van der Waals surface area (Å²) in [6.07, 6.45) is 1.85. The Kier molecular flexibility index (Phi) is 6.89. The van der Waals surface area contributed by atoms with Gasteiger partial charge in [0.05, 0.1) is 13.2 Å². The molecule has 0 heterocycles. The molecule has 1 aromatic carbocycles. The van der Waals surface area contributed by atoms with Gasteiger partial charge in [0.15, 0.2) is 0 Å². The molecule has 0 saturated carbocycles. The van der Waals surface area contributed by atoms with Crippen molar-refractivity contribution in [3.05, 3.63) is 29.8 Å². The van der Waals surface area contributed by atoms with Crippen LogP contribution in [0.4, 0.5) is 0 Å². The van der Waals surface area contributed by atoms with Crippen LogP contribution in [-0.4, -0.2) is 24.8 Å². The molecule has 0 amide bonds. The number of hydrogen-bond donors (Lipinski definition) is 2. The van der Waals surface area contributed by atoms with E-state index in [2.05, 4.69) is 26.1 Å². The maximum Gasteiger partial charge on any atom is 0.119 e. The predicted molar refractivity (Wildman–Crippen MR) is 79.5 cm³/mol. The Balaban J connectivity index is 2.43. The lowest BCUT2D eigenvalue weighted by Crippen LogP contribution is -2.31. The molecule has 0 fully saturated rings. The molecule has 3 unspecified atom stereocenters. The standard InChI is InChI=1S/C16H27NO2/c1-5-12(2)9-13(3)17-11-16(18)14-7-6-8-15(10-14)19-4/h6-8,10,12-13,16-18H,5,9,11H2,1-4H3. The van der Waals surface area contributed by atoms with Crippen LogP contribution in [0.25, 0.3) is 0 Å². The van der Waals surface area contributed by atoms with Gasteiger partial charge in [-0.15, -0.1) is 0 Å². The summed E-state index contributed by atoms with van der Waals surface area (Å²) in [7, 11) is 1.64. The highest BCUT2D eigenvalue weighted by molar-refractivity contribution is 5.29. The monoisotopic (exact) mass is 265 g/mol. The number of benzene rings is 1. The number of ether oxygens (including phenoxy) is 1. The van der Waals surface area contributed by atoms with Gasteiger partial charge in [-0.05, 0) is 37.0 Å². The highest BCUT2D eigenvalue weighted by Crippen LogP contribution is 2.19. The summed E-state index contributed by atoms with van der Waals surface area (Å²) in [6.45, 7) is 7.22. The first-order chi connectivity index (χ1) is 9.06. The molecule has 19 heavy (non-hydrogen) atoms. The van der Waals surface area contributed by atoms with Crippen molar-refractivity contribution in [3.63, 3.8) is 0 Å². The minimum absolute atomic E-state index is 0.426. The minimum atomic E-state index is -0.491. The van der Waals surface area contributed by atoms with Gasteiger partial charge in [-0.3, -0.25) is 0 Å². The van der Waals surface area contributed by atoms with E-state index in [1.165, 1.54) is 6.42 Å². The molecule has 2 N–H and O–H groups in total. The first-order valence-corrected chi connectivity index (χ1v) is 7.12. The first kappa shape index (κ1) is 16.0. The minimum Gasteiger partial charge on any atom is -0.497 e. The van der Waals surface area contributed by atoms with Crippen molar-refractivity contribution < 1.29 is 9.84 Å². The van der Waals surface area contributed by atoms with Crippen molar-refractivity contribution in [1.82, 2.24) is 5.32 Å². The molecule has 0 saturated heterocycles. The zero-order chi connectivity index (χ0) is 14.3. The lowest BCUT2D eigenvalue weighted by Gasteiger charge is -2.20. The number of hydrogen-bond acceptors (Lipinski definition) is 3. The summed E-state index contributed by atoms with van der Waals surface area (Å²) in [5, 5.41) is 13.6. The van der Waals surface area contributed by atoms with Crippen LogP contribution in [0.2, 0.25) is 0 Å². The second-order valence-corrected chi connectivity index (χ2v) is 5.35. The van der Waals surface area contributed by atoms with Gasteiger partial charge >= 0.3 is 0 Å². The van der Waals surface area contributed by atoms with Crippen LogP contribution in [0.5, 0.6) is 5.75 Å². The summed E-state index contributed by atoms with van der Waals surface area (Å²) >= 11 is 0. The Bertz CT molecular complexity index is 368. The normalized spacial score (nSPS) is 15.8. The van der Waals surface area contributed by atoms with Crippen LogP contribution < -0.4 is 10.1 Å². The van der Waals surface area contributed by atoms with E-state index in [1.807, 2.05) is 24.3 Å². The summed E-state index contributed by atoms with van der Waals surface area (Å²) in [5.41, 5.74) is 0.891. The van der Waals surface area contributed by atoms with E-state index in [9.17, 15) is 5.11 Å². The Labute approximate surface area is 117 Å². The van der Waals surface area contributed by atoms with E-state index in [1.54, 1.807) is 7.11 Å². The maximum absolute atomic E-state index is 10.2. The molecule has 0 bridgehead atoms. The summed E-state index contributed by atoms with van der Waals surface area (Å²) in [5.74, 6) is 1.50. The van der Waals surface area contributed by atoms with Gasteiger partial charge < -0.3 is 15.2 Å². The third-order valence-corrected chi connectivity index (χ3v) is 3.59. The molecule has 3 nitrogen and oxygen atoms in total. The van der Waals surface area contributed by atoms with Crippen LogP contribution in [0.3, 0.4) is 0 Å². The number of nitrogens with one attached hydrogen (secondary N) is 1. The fourth-order valence-electron chi connectivity index (χ4n) is 2.13. The van der Waals surface area contributed by atoms with Gasteiger partial charge in [0, 0.05) is 12.6 Å². The van der Waals surface area contributed by atoms with Gasteiger partial charge in [0.2, 0.25) is 0 Å². The Hall–Kier alpha value is -1.06. The van der Waals surface area contributed by atoms with Crippen LogP contribution in [0.1, 0.15) is 45.3 Å². The van der Waals surface area contributed by atoms with Crippen LogP contribution in [0, 0.1) is 5.92 Å². The first-order valence-electron chi connectivity index (χ1n) is 7.12. The quantitative estimate of drug-likeness (QED) is 0.758. The molecule has 3 heteroatoms. The van der Waals surface area contributed by atoms with E-state index < -0.39 is 6.10 Å². The second-order valence-electron chi connectivity index (χ2n) is 5.35. The zero-order valence-electron chi connectivity index (χ0n) is 12.5. The summed E-state index contributed by atoms with van der Waals surface area (Å²) < 4.78 is 5.17. The smallest absolute Gasteiger partial charge is 0.119 e. The van der Waals surface area contributed by atoms with Crippen molar-refractivity contribution in [3.8, 4) is 5.75 Å². The summed E-state index contributed by atoms with van der Waals surface area (Å²) in [4.78, 5) is 0. The van der Waals surface area contributed by atoms with E-state index in [0.717, 1.165) is 23.7 Å². The van der Waals surface area contributed by atoms with Crippen molar-refractivity contribution in [2.75, 3.05) is 13.7 Å². The molecule has 0 radical (unpaired) electrons. The number of aliphatic hydroxyl groups excluding tert-OH is 1. The number of methoxy groups -OCH3 is 1. The predicted octanol–water partition coefficient (Wildman–Crippen LogP) is 3.14. The largest absolute Gasteiger partial charge is 0.497 e. The van der Waals surface area contributed by atoms with Gasteiger partial charge in [-0.25, -0.2) is 0 Å². The molecule has 3 atom stereocenters. The van der Waals surface area contributed by atoms with Crippen LogP contribution in [0.15, 0.2) is 24.3 Å². The van der Waals surface area contributed by atoms with E-state index in [-0.39, 0.29) is 0 Å². The average Bonchev–Trinajstić information content (AvgIpc) is 2.44. The van der Waals surface area contributed by atoms with Gasteiger partial charge in [-0.1, -0.05) is 32.4 Å². The van der Waals surface area contributed by atoms with Gasteiger partial charge in [-0.2, -0.15) is 0 Å². The number of rotatable bonds is 8. The van der Waals surface area contributed by atoms with Crippen LogP contribution in [-0.2, 0) is 0 Å². The van der Waals surface area contributed by atoms with Gasteiger partial charge in [0.25, 0.3) is 0 Å². The van der Waals surface area contributed by atoms with E-state index >= 15 is 0 Å². The third kappa shape index (κ3) is 5.62. The molecule has 0 aliphatic rings. The van der Waals surface area contributed by atoms with Crippen LogP contribution >= 0.6 is 0 Å². The lowest BCUT2D eigenvalue weighted by atomic mass is 10.00. The highest BCUT2D eigenvalue weighted by atomic mass is 16.5. The van der Waals surface area contributed by atoms with Gasteiger partial charge in [0.1, 0.15) is 5.75 Å². The third-order valence-electron chi connectivity index (χ3n) is 3.59. The second kappa shape index (κ2) is 8.18. The van der Waals surface area contributed by atoms with Crippen molar-refractivity contribution >= 4 is 0 Å². The lowest BCUT2D eigenvalue weighted by molar-refractivity contribution is 0.168. The zero-order valence-corrected chi connectivity index (χ0v) is 12.5. The average molecular weight is 265 g/mol. The Morgan fingerprint density at radius 2 is 2.05 bits per heavy atom. The van der Waals surface area contributed by atoms with Crippen molar-refractivity contribution in [1.29, 1.82) is 0 Å². The fraction of sp³-hybridized carbons (Fsp3) is 0.625. The Morgan fingerprint density at radius 3 is 2.68 bits per heavy atom. The molecule has 0 aliphatic carbocycles. The topological polar surface area (TPSA) is 41.5 Å². The fourth-order valence-corrected chi connectivity index (χ4v) is 2.13. The van der Waals surface area contributed by atoms with Crippen molar-refractivity contribution in [2.45, 2.75) is 45.8 Å². The highest BCUT2D eigenvalue weighted by Gasteiger charge is 2.11. The molecular weight excluding hydrogens is 238 g/mol. The maximum atomic E-state index is 10.2. The molecule has 1 rings (SSSR count). The SMILES string of the molecule is CCC(C)CC(C)NCC(O)c1cccc(OC)c1. The summed E-state index contributed by atoms with van der Waals surface area (Å²) in [6, 6.07) is 8.02. The number of aliphatic hydroxyl groups is 1. The molecule has 0 spiro atoms. The molecular formula is C16H27NO2. The molecule has 1 aromatic rings. The van der Waals surface area contributed by atoms with Crippen molar-refractivity contribution in [2.24, 2.45) is 5.92 Å². The molecule has 0 aliphatic heterocycles. The molecule has 0 aromatic heterocycles.